The van der Waals surface area contributed by atoms with Gasteiger partial charge in [-0.25, -0.2) is 0 Å². The van der Waals surface area contributed by atoms with Gasteiger partial charge >= 0.3 is 12.4 Å². The summed E-state index contributed by atoms with van der Waals surface area (Å²) in [5.74, 6) is 0. The van der Waals surface area contributed by atoms with Crippen LogP contribution in [0.3, 0.4) is 0 Å². The van der Waals surface area contributed by atoms with Gasteiger partial charge in [0.25, 0.3) is 5.60 Å². The molecule has 1 aliphatic heterocycles. The number of hydrogen-bond acceptors (Lipinski definition) is 1. The Kier molecular flexibility index (Phi) is 4.65. The maximum Gasteiger partial charge on any atom is 0.430 e. The number of aryl methyl sites for hydroxylation is 1. The first-order valence-corrected chi connectivity index (χ1v) is 6.10. The lowest BCUT2D eigenvalue weighted by Gasteiger charge is -2.33. The van der Waals surface area contributed by atoms with Crippen molar-refractivity contribution >= 4 is 11.6 Å². The van der Waals surface area contributed by atoms with Gasteiger partial charge in [0, 0.05) is 11.9 Å². The van der Waals surface area contributed by atoms with Crippen molar-refractivity contribution in [3.8, 4) is 0 Å². The highest BCUT2D eigenvalue weighted by Gasteiger charge is 2.75. The highest BCUT2D eigenvalue weighted by Crippen LogP contribution is 2.57. The molecule has 0 aromatic heterocycles. The van der Waals surface area contributed by atoms with E-state index in [2.05, 4.69) is 16.3 Å². The van der Waals surface area contributed by atoms with Crippen LogP contribution in [0.15, 0.2) is 18.2 Å². The summed E-state index contributed by atoms with van der Waals surface area (Å²) in [5.41, 5.74) is -4.84. The second-order valence-corrected chi connectivity index (χ2v) is 4.13. The molecule has 0 spiro atoms. The zero-order valence-corrected chi connectivity index (χ0v) is 11.2. The maximum atomic E-state index is 12.9. The van der Waals surface area contributed by atoms with Crippen LogP contribution in [0.1, 0.15) is 16.7 Å². The van der Waals surface area contributed by atoms with Crippen LogP contribution in [-0.2, 0) is 16.9 Å². The smallest absolute Gasteiger partial charge is 0.349 e. The van der Waals surface area contributed by atoms with E-state index in [9.17, 15) is 26.3 Å². The monoisotopic (exact) mass is 320 g/mol. The van der Waals surface area contributed by atoms with Gasteiger partial charge in [-0.2, -0.15) is 26.3 Å². The minimum Gasteiger partial charge on any atom is -0.349 e. The van der Waals surface area contributed by atoms with Crippen molar-refractivity contribution in [3.63, 3.8) is 0 Å². The Morgan fingerprint density at radius 1 is 1.05 bits per heavy atom. The topological polar surface area (TPSA) is 9.23 Å². The van der Waals surface area contributed by atoms with Crippen molar-refractivity contribution in [2.75, 3.05) is 6.38 Å². The van der Waals surface area contributed by atoms with Gasteiger partial charge in [-0.05, 0) is 12.5 Å². The molecule has 0 N–H and O–H groups in total. The van der Waals surface area contributed by atoms with Gasteiger partial charge in [-0.1, -0.05) is 23.8 Å². The molecule has 0 atom stereocenters. The molecule has 1 nitrogen and oxygen atoms in total. The minimum absolute atomic E-state index is 0.0877. The fraction of sp³-hybridized carbons (Fsp3) is 0.500. The number of ether oxygens (including phenoxy) is 1. The lowest BCUT2D eigenvalue weighted by Crippen LogP contribution is -2.53. The normalized spacial score (nSPS) is 17.2. The van der Waals surface area contributed by atoms with E-state index in [1.54, 1.807) is 0 Å². The van der Waals surface area contributed by atoms with Gasteiger partial charge in [0.05, 0.1) is 6.61 Å². The first-order valence-electron chi connectivity index (χ1n) is 5.35. The standard InChI is InChI=1S/C11H8F6O.CH3Cl/c1-6-2-3-7-5-18-9(8(7)4-6,10(12,13)14)11(15,16)17;1-2/h2-4H,5H2,1H3;1H3. The van der Waals surface area contributed by atoms with E-state index in [0.717, 1.165) is 6.07 Å². The van der Waals surface area contributed by atoms with Gasteiger partial charge in [0.15, 0.2) is 0 Å². The Hall–Kier alpha value is -0.950. The second-order valence-electron chi connectivity index (χ2n) is 4.13. The zero-order chi connectivity index (χ0) is 15.8. The predicted octanol–water partition coefficient (Wildman–Crippen LogP) is 4.70. The third kappa shape index (κ3) is 2.48. The summed E-state index contributed by atoms with van der Waals surface area (Å²) in [6.45, 7) is 0.727. The van der Waals surface area contributed by atoms with Crippen LogP contribution in [0, 0.1) is 6.92 Å². The molecule has 0 amide bonds. The minimum atomic E-state index is -5.55. The van der Waals surface area contributed by atoms with Crippen LogP contribution in [0.2, 0.25) is 0 Å². The average Bonchev–Trinajstić information content (AvgIpc) is 2.70. The summed E-state index contributed by atoms with van der Waals surface area (Å²) >= 11 is 4.64. The Balaban J connectivity index is 0.000000956. The van der Waals surface area contributed by atoms with E-state index in [-0.39, 0.29) is 5.56 Å². The van der Waals surface area contributed by atoms with Crippen LogP contribution in [-0.4, -0.2) is 18.7 Å². The Morgan fingerprint density at radius 3 is 2.00 bits per heavy atom. The molecule has 0 saturated heterocycles. The van der Waals surface area contributed by atoms with E-state index >= 15 is 0 Å². The molecule has 0 aliphatic carbocycles. The summed E-state index contributed by atoms with van der Waals surface area (Å²) in [6, 6.07) is 3.55. The number of benzene rings is 1. The molecule has 8 heteroatoms. The highest BCUT2D eigenvalue weighted by atomic mass is 35.5. The molecule has 1 heterocycles. The van der Waals surface area contributed by atoms with Crippen molar-refractivity contribution in [2.24, 2.45) is 0 Å². The van der Waals surface area contributed by atoms with Crippen LogP contribution in [0.5, 0.6) is 0 Å². The number of alkyl halides is 7. The lowest BCUT2D eigenvalue weighted by molar-refractivity contribution is -0.385. The van der Waals surface area contributed by atoms with Gasteiger partial charge in [-0.15, -0.1) is 11.6 Å². The van der Waals surface area contributed by atoms with Crippen molar-refractivity contribution in [2.45, 2.75) is 31.5 Å². The first-order chi connectivity index (χ1) is 9.09. The molecule has 114 valence electrons. The zero-order valence-electron chi connectivity index (χ0n) is 10.5. The molecule has 20 heavy (non-hydrogen) atoms. The number of hydrogen-bond donors (Lipinski definition) is 0. The number of halogens is 7. The Morgan fingerprint density at radius 2 is 1.55 bits per heavy atom. The van der Waals surface area contributed by atoms with Crippen LogP contribution < -0.4 is 0 Å². The van der Waals surface area contributed by atoms with E-state index in [1.165, 1.54) is 25.4 Å². The molecule has 1 aliphatic rings. The molecule has 0 saturated carbocycles. The molecule has 0 radical (unpaired) electrons. The van der Waals surface area contributed by atoms with Crippen molar-refractivity contribution < 1.29 is 31.1 Å². The third-order valence-corrected chi connectivity index (χ3v) is 2.89. The summed E-state index contributed by atoms with van der Waals surface area (Å²) in [5, 5.41) is 0. The van der Waals surface area contributed by atoms with Crippen molar-refractivity contribution in [3.05, 3.63) is 34.9 Å². The molecule has 0 fully saturated rings. The second kappa shape index (κ2) is 5.44. The van der Waals surface area contributed by atoms with E-state index < -0.39 is 30.1 Å². The van der Waals surface area contributed by atoms with Crippen LogP contribution in [0.25, 0.3) is 0 Å². The molecular formula is C12H11ClF6O. The van der Waals surface area contributed by atoms with Gasteiger partial charge < -0.3 is 4.74 Å². The van der Waals surface area contributed by atoms with Gasteiger partial charge in [0.2, 0.25) is 0 Å². The predicted molar refractivity (Wildman–Crippen MR) is 61.5 cm³/mol. The van der Waals surface area contributed by atoms with Gasteiger partial charge in [-0.3, -0.25) is 0 Å². The molecule has 0 bridgehead atoms. The van der Waals surface area contributed by atoms with E-state index in [4.69, 9.17) is 0 Å². The number of rotatable bonds is 0. The molecule has 1 aromatic carbocycles. The van der Waals surface area contributed by atoms with E-state index in [0.29, 0.717) is 5.56 Å². The van der Waals surface area contributed by atoms with Gasteiger partial charge in [0.1, 0.15) is 0 Å². The first kappa shape index (κ1) is 17.1. The summed E-state index contributed by atoms with van der Waals surface area (Å²) < 4.78 is 81.4. The number of fused-ring (bicyclic) bond motifs is 1. The third-order valence-electron chi connectivity index (χ3n) is 2.89. The Labute approximate surface area is 116 Å². The highest BCUT2D eigenvalue weighted by molar-refractivity contribution is 6.15. The Bertz CT molecular complexity index is 466. The summed E-state index contributed by atoms with van der Waals surface area (Å²) in [6.07, 6.45) is -9.63. The maximum absolute atomic E-state index is 12.9. The average molecular weight is 321 g/mol. The fourth-order valence-electron chi connectivity index (χ4n) is 2.04. The summed E-state index contributed by atoms with van der Waals surface area (Å²) in [7, 11) is 0. The summed E-state index contributed by atoms with van der Waals surface area (Å²) in [4.78, 5) is 0. The molecule has 0 unspecified atom stereocenters. The molecule has 1 aromatic rings. The lowest BCUT2D eigenvalue weighted by atomic mass is 9.90. The largest absolute Gasteiger partial charge is 0.430 e. The SMILES string of the molecule is CCl.Cc1ccc2c(c1)C(C(F)(F)F)(C(F)(F)F)OC2. The van der Waals surface area contributed by atoms with Crippen molar-refractivity contribution in [1.82, 2.24) is 0 Å². The van der Waals surface area contributed by atoms with E-state index in [1.807, 2.05) is 0 Å². The molecule has 2 rings (SSSR count). The van der Waals surface area contributed by atoms with Crippen LogP contribution >= 0.6 is 11.6 Å². The van der Waals surface area contributed by atoms with Crippen LogP contribution in [0.4, 0.5) is 26.3 Å². The van der Waals surface area contributed by atoms with Crippen molar-refractivity contribution in [1.29, 1.82) is 0 Å². The molecular weight excluding hydrogens is 310 g/mol. The quantitative estimate of drug-likeness (QED) is 0.497. The fourth-order valence-corrected chi connectivity index (χ4v) is 2.04.